The molecule has 9 nitrogen and oxygen atoms in total. The molecular formula is C30H29F4N9. The predicted molar refractivity (Wildman–Crippen MR) is 151 cm³/mol. The molecule has 5 rings (SSSR count). The molecule has 13 heteroatoms. The summed E-state index contributed by atoms with van der Waals surface area (Å²) in [5.74, 6) is -0.714. The zero-order valence-electron chi connectivity index (χ0n) is 24.2. The average molecular weight is 592 g/mol. The molecule has 0 saturated heterocycles. The van der Waals surface area contributed by atoms with Crippen molar-refractivity contribution in [1.29, 1.82) is 10.5 Å². The Kier molecular flexibility index (Phi) is 7.25. The Bertz CT molecular complexity index is 1790. The minimum absolute atomic E-state index is 0.0774. The summed E-state index contributed by atoms with van der Waals surface area (Å²) in [4.78, 5) is 8.27. The highest BCUT2D eigenvalue weighted by Crippen LogP contribution is 2.55. The second-order valence-corrected chi connectivity index (χ2v) is 11.9. The van der Waals surface area contributed by atoms with Gasteiger partial charge in [-0.3, -0.25) is 4.98 Å². The molecule has 0 amide bonds. The molecule has 0 aliphatic heterocycles. The van der Waals surface area contributed by atoms with Crippen LogP contribution in [0, 0.1) is 40.9 Å². The van der Waals surface area contributed by atoms with Crippen LogP contribution in [0.1, 0.15) is 74.7 Å². The monoisotopic (exact) mass is 591 g/mol. The summed E-state index contributed by atoms with van der Waals surface area (Å²) in [6.45, 7) is 9.72. The topological polar surface area (TPSA) is 128 Å². The van der Waals surface area contributed by atoms with Gasteiger partial charge in [0.1, 0.15) is 17.8 Å². The van der Waals surface area contributed by atoms with Gasteiger partial charge in [0.25, 0.3) is 0 Å². The van der Waals surface area contributed by atoms with Gasteiger partial charge in [-0.1, -0.05) is 32.1 Å². The molecule has 0 unspecified atom stereocenters. The molecule has 4 aromatic rings. The maximum absolute atomic E-state index is 14.0. The van der Waals surface area contributed by atoms with Gasteiger partial charge >= 0.3 is 6.18 Å². The molecule has 3 heterocycles. The molecule has 1 aromatic carbocycles. The van der Waals surface area contributed by atoms with Crippen LogP contribution in [0.25, 0.3) is 10.9 Å². The number of aryl methyl sites for hydroxylation is 1. The molecule has 2 N–H and O–H groups in total. The van der Waals surface area contributed by atoms with Gasteiger partial charge < -0.3 is 10.6 Å². The Hall–Kier alpha value is -4.78. The Balaban J connectivity index is 1.65. The predicted octanol–water partition coefficient (Wildman–Crippen LogP) is 6.51. The van der Waals surface area contributed by atoms with E-state index >= 15 is 0 Å². The number of hydrogen-bond acceptors (Lipinski definition) is 8. The fraction of sp³-hybridized carbons (Fsp3) is 0.400. The van der Waals surface area contributed by atoms with Gasteiger partial charge in [-0.05, 0) is 50.3 Å². The highest BCUT2D eigenvalue weighted by Gasteiger charge is 2.66. The van der Waals surface area contributed by atoms with Crippen LogP contribution >= 0.6 is 0 Å². The number of rotatable bonds is 7. The first-order valence-electron chi connectivity index (χ1n) is 13.6. The summed E-state index contributed by atoms with van der Waals surface area (Å²) in [5, 5.41) is 35.0. The second-order valence-electron chi connectivity index (χ2n) is 11.9. The highest BCUT2D eigenvalue weighted by atomic mass is 19.4. The number of anilines is 2. The van der Waals surface area contributed by atoms with E-state index in [-0.39, 0.29) is 41.1 Å². The average Bonchev–Trinajstić information content (AvgIpc) is 3.62. The molecule has 1 saturated carbocycles. The molecule has 3 aromatic heterocycles. The van der Waals surface area contributed by atoms with Crippen LogP contribution < -0.4 is 10.6 Å². The summed E-state index contributed by atoms with van der Waals surface area (Å²) >= 11 is 0. The van der Waals surface area contributed by atoms with E-state index in [0.29, 0.717) is 33.5 Å². The van der Waals surface area contributed by atoms with E-state index in [1.165, 1.54) is 18.5 Å². The third kappa shape index (κ3) is 5.43. The van der Waals surface area contributed by atoms with Crippen LogP contribution in [0.2, 0.25) is 0 Å². The molecule has 1 fully saturated rings. The van der Waals surface area contributed by atoms with Crippen molar-refractivity contribution in [2.75, 3.05) is 10.6 Å². The number of nitrogens with zero attached hydrogens (tertiary/aromatic N) is 7. The van der Waals surface area contributed by atoms with E-state index < -0.39 is 23.7 Å². The van der Waals surface area contributed by atoms with Gasteiger partial charge in [0, 0.05) is 34.6 Å². The summed E-state index contributed by atoms with van der Waals surface area (Å²) in [6.07, 6.45) is -2.08. The molecular weight excluding hydrogens is 562 g/mol. The van der Waals surface area contributed by atoms with Crippen LogP contribution in [-0.4, -0.2) is 37.2 Å². The van der Waals surface area contributed by atoms with Crippen molar-refractivity contribution in [2.24, 2.45) is 5.41 Å². The number of nitriles is 2. The van der Waals surface area contributed by atoms with Crippen molar-refractivity contribution in [2.45, 2.75) is 71.3 Å². The maximum Gasteiger partial charge on any atom is 0.413 e. The first-order valence-corrected chi connectivity index (χ1v) is 13.6. The standard InChI is InChI=1S/C30H29F4N9/c1-16-21(6-7-24(31)38-16)27(23-15-43(42-41-23)29(8-9-29)30(32,33)34)40-20-10-18(12-35)25-22(11-20)26(19(13-36)14-37-25)39-17(2)28(3,4)5/h6-7,10-11,14-15,17,27,40H,8-9H2,1-5H3,(H,37,39)/t17-,27+/m1/s1. The van der Waals surface area contributed by atoms with Crippen LogP contribution in [0.15, 0.2) is 36.7 Å². The van der Waals surface area contributed by atoms with E-state index in [1.807, 2.05) is 6.92 Å². The summed E-state index contributed by atoms with van der Waals surface area (Å²) < 4.78 is 56.3. The molecule has 0 spiro atoms. The Labute approximate surface area is 245 Å². The number of hydrogen-bond donors (Lipinski definition) is 2. The lowest BCUT2D eigenvalue weighted by Gasteiger charge is -2.30. The minimum Gasteiger partial charge on any atom is -0.380 e. The van der Waals surface area contributed by atoms with E-state index in [9.17, 15) is 28.1 Å². The fourth-order valence-electron chi connectivity index (χ4n) is 4.85. The van der Waals surface area contributed by atoms with Crippen molar-refractivity contribution in [1.82, 2.24) is 25.0 Å². The van der Waals surface area contributed by atoms with Gasteiger partial charge in [0.15, 0.2) is 5.54 Å². The van der Waals surface area contributed by atoms with E-state index in [0.717, 1.165) is 10.7 Å². The van der Waals surface area contributed by atoms with Crippen molar-refractivity contribution >= 4 is 22.3 Å². The largest absolute Gasteiger partial charge is 0.413 e. The highest BCUT2D eigenvalue weighted by molar-refractivity contribution is 5.99. The third-order valence-electron chi connectivity index (χ3n) is 8.08. The van der Waals surface area contributed by atoms with E-state index in [2.05, 4.69) is 63.8 Å². The van der Waals surface area contributed by atoms with E-state index in [1.54, 1.807) is 19.1 Å². The molecule has 0 bridgehead atoms. The minimum atomic E-state index is -4.51. The smallest absolute Gasteiger partial charge is 0.380 e. The Morgan fingerprint density at radius 2 is 1.74 bits per heavy atom. The summed E-state index contributed by atoms with van der Waals surface area (Å²) in [6, 6.07) is 9.21. The van der Waals surface area contributed by atoms with Crippen LogP contribution in [-0.2, 0) is 5.54 Å². The third-order valence-corrected chi connectivity index (χ3v) is 8.08. The number of fused-ring (bicyclic) bond motifs is 1. The number of alkyl halides is 3. The van der Waals surface area contributed by atoms with Gasteiger partial charge in [-0.2, -0.15) is 28.1 Å². The summed E-state index contributed by atoms with van der Waals surface area (Å²) in [5.41, 5.74) is 0.367. The normalized spacial score (nSPS) is 15.8. The van der Waals surface area contributed by atoms with Crippen molar-refractivity contribution in [3.63, 3.8) is 0 Å². The lowest BCUT2D eigenvalue weighted by Crippen LogP contribution is -2.35. The van der Waals surface area contributed by atoms with Gasteiger partial charge in [0.2, 0.25) is 5.95 Å². The van der Waals surface area contributed by atoms with Crippen LogP contribution in [0.4, 0.5) is 28.9 Å². The van der Waals surface area contributed by atoms with Crippen molar-refractivity contribution in [3.8, 4) is 12.1 Å². The lowest BCUT2D eigenvalue weighted by atomic mass is 9.87. The lowest BCUT2D eigenvalue weighted by molar-refractivity contribution is -0.182. The quantitative estimate of drug-likeness (QED) is 0.184. The first kappa shape index (κ1) is 29.7. The van der Waals surface area contributed by atoms with Gasteiger partial charge in [-0.15, -0.1) is 5.10 Å². The number of nitrogens with one attached hydrogen (secondary N) is 2. The first-order chi connectivity index (χ1) is 20.2. The Morgan fingerprint density at radius 3 is 2.33 bits per heavy atom. The van der Waals surface area contributed by atoms with Gasteiger partial charge in [-0.25, -0.2) is 9.67 Å². The fourth-order valence-corrected chi connectivity index (χ4v) is 4.85. The number of halogens is 4. The van der Waals surface area contributed by atoms with Crippen LogP contribution in [0.3, 0.4) is 0 Å². The summed E-state index contributed by atoms with van der Waals surface area (Å²) in [7, 11) is 0. The zero-order valence-corrected chi connectivity index (χ0v) is 24.2. The van der Waals surface area contributed by atoms with Crippen molar-refractivity contribution < 1.29 is 17.6 Å². The van der Waals surface area contributed by atoms with Crippen LogP contribution in [0.5, 0.6) is 0 Å². The van der Waals surface area contributed by atoms with E-state index in [4.69, 9.17) is 0 Å². The second kappa shape index (κ2) is 10.5. The van der Waals surface area contributed by atoms with Crippen molar-refractivity contribution in [3.05, 3.63) is 70.7 Å². The molecule has 43 heavy (non-hydrogen) atoms. The molecule has 2 atom stereocenters. The zero-order chi connectivity index (χ0) is 31.3. The SMILES string of the molecule is Cc1nc(F)ccc1[C@H](Nc1cc(C#N)c2ncc(C#N)c(N[C@H](C)C(C)(C)C)c2c1)c1cn(C2(C(F)(F)F)CC2)nn1. The Morgan fingerprint density at radius 1 is 1.05 bits per heavy atom. The number of pyridine rings is 2. The number of benzene rings is 1. The molecule has 0 radical (unpaired) electrons. The molecule has 222 valence electrons. The maximum atomic E-state index is 14.0. The molecule has 1 aliphatic carbocycles. The van der Waals surface area contributed by atoms with Gasteiger partial charge in [0.05, 0.1) is 34.6 Å². The molecule has 1 aliphatic rings. The number of aromatic nitrogens is 5.